The first-order chi connectivity index (χ1) is 16.5. The van der Waals surface area contributed by atoms with E-state index in [1.54, 1.807) is 7.11 Å². The summed E-state index contributed by atoms with van der Waals surface area (Å²) < 4.78 is 11.7. The summed E-state index contributed by atoms with van der Waals surface area (Å²) in [6.07, 6.45) is 2.52. The van der Waals surface area contributed by atoms with Gasteiger partial charge in [-0.2, -0.15) is 0 Å². The van der Waals surface area contributed by atoms with Gasteiger partial charge in [0.15, 0.2) is 0 Å². The van der Waals surface area contributed by atoms with E-state index in [1.165, 1.54) is 24.1 Å². The van der Waals surface area contributed by atoms with Gasteiger partial charge in [-0.05, 0) is 98.3 Å². The minimum atomic E-state index is 0.790. The molecular weight excluding hydrogens is 420 g/mol. The summed E-state index contributed by atoms with van der Waals surface area (Å²) in [6, 6.07) is 22.9. The van der Waals surface area contributed by atoms with E-state index >= 15 is 0 Å². The molecule has 1 fully saturated rings. The second-order valence-electron chi connectivity index (χ2n) is 9.48. The smallest absolute Gasteiger partial charge is 0.137 e. The molecule has 4 aromatic rings. The van der Waals surface area contributed by atoms with Gasteiger partial charge in [0, 0.05) is 35.8 Å². The third kappa shape index (κ3) is 4.58. The molecule has 1 aliphatic rings. The first-order valence-corrected chi connectivity index (χ1v) is 12.1. The lowest BCUT2D eigenvalue weighted by atomic mass is 9.99. The number of rotatable bonds is 4. The topological polar surface area (TPSA) is 38.0 Å². The average molecular weight is 453 g/mol. The SMILES string of the molecule is COc1ccc(-c2cc(=Nc3ccc(N4CCC(C)CC4)cc3)c3c(C)cc(C)cc3o2)cc1. The average Bonchev–Trinajstić information content (AvgIpc) is 2.84. The maximum absolute atomic E-state index is 6.36. The standard InChI is InChI=1S/C30H32N2O2/c1-20-13-15-32(16-14-20)25-9-7-24(8-10-25)31-27-19-28(23-5-11-26(33-4)12-6-23)34-29-18-21(2)17-22(3)30(27)29/h5-12,17-20H,13-16H2,1-4H3. The van der Waals surface area contributed by atoms with Crippen molar-refractivity contribution in [2.75, 3.05) is 25.1 Å². The van der Waals surface area contributed by atoms with E-state index in [4.69, 9.17) is 14.1 Å². The molecule has 5 rings (SSSR count). The molecule has 4 nitrogen and oxygen atoms in total. The van der Waals surface area contributed by atoms with Crippen LogP contribution in [0.4, 0.5) is 11.4 Å². The number of fused-ring (bicyclic) bond motifs is 1. The lowest BCUT2D eigenvalue weighted by molar-refractivity contribution is 0.415. The molecule has 0 atom stereocenters. The van der Waals surface area contributed by atoms with E-state index in [-0.39, 0.29) is 0 Å². The van der Waals surface area contributed by atoms with E-state index in [0.717, 1.165) is 63.7 Å². The van der Waals surface area contributed by atoms with Gasteiger partial charge in [-0.3, -0.25) is 0 Å². The Labute approximate surface area is 201 Å². The number of nitrogens with zero attached hydrogens (tertiary/aromatic N) is 2. The second-order valence-corrected chi connectivity index (χ2v) is 9.48. The van der Waals surface area contributed by atoms with E-state index in [1.807, 2.05) is 30.3 Å². The van der Waals surface area contributed by atoms with Gasteiger partial charge in [-0.1, -0.05) is 13.0 Å². The Morgan fingerprint density at radius 3 is 2.29 bits per heavy atom. The van der Waals surface area contributed by atoms with Crippen molar-refractivity contribution in [1.29, 1.82) is 0 Å². The Bertz CT molecular complexity index is 1360. The minimum absolute atomic E-state index is 0.790. The van der Waals surface area contributed by atoms with Gasteiger partial charge in [0.05, 0.1) is 18.2 Å². The normalized spacial score (nSPS) is 15.2. The van der Waals surface area contributed by atoms with Crippen LogP contribution in [0.3, 0.4) is 0 Å². The molecule has 1 aromatic heterocycles. The van der Waals surface area contributed by atoms with Crippen molar-refractivity contribution >= 4 is 22.3 Å². The molecule has 0 aliphatic carbocycles. The van der Waals surface area contributed by atoms with Gasteiger partial charge in [0.2, 0.25) is 0 Å². The second kappa shape index (κ2) is 9.38. The summed E-state index contributed by atoms with van der Waals surface area (Å²) in [5.41, 5.74) is 6.41. The summed E-state index contributed by atoms with van der Waals surface area (Å²) in [5.74, 6) is 2.44. The first kappa shape index (κ1) is 22.3. The number of hydrogen-bond donors (Lipinski definition) is 0. The molecule has 0 N–H and O–H groups in total. The highest BCUT2D eigenvalue weighted by Crippen LogP contribution is 2.28. The molecule has 1 saturated heterocycles. The highest BCUT2D eigenvalue weighted by atomic mass is 16.5. The fourth-order valence-electron chi connectivity index (χ4n) is 4.81. The predicted octanol–water partition coefficient (Wildman–Crippen LogP) is 7.19. The molecule has 1 aliphatic heterocycles. The van der Waals surface area contributed by atoms with Crippen LogP contribution in [0.5, 0.6) is 5.75 Å². The number of aryl methyl sites for hydroxylation is 2. The molecule has 0 bridgehead atoms. The van der Waals surface area contributed by atoms with Gasteiger partial charge >= 0.3 is 0 Å². The number of hydrogen-bond acceptors (Lipinski definition) is 4. The van der Waals surface area contributed by atoms with Crippen LogP contribution >= 0.6 is 0 Å². The van der Waals surface area contributed by atoms with Crippen molar-refractivity contribution in [3.8, 4) is 17.1 Å². The Morgan fingerprint density at radius 1 is 0.912 bits per heavy atom. The van der Waals surface area contributed by atoms with E-state index in [2.05, 4.69) is 62.1 Å². The van der Waals surface area contributed by atoms with E-state index in [0.29, 0.717) is 0 Å². The van der Waals surface area contributed by atoms with Crippen molar-refractivity contribution < 1.29 is 9.15 Å². The number of methoxy groups -OCH3 is 1. The quantitative estimate of drug-likeness (QED) is 0.329. The Morgan fingerprint density at radius 2 is 1.62 bits per heavy atom. The summed E-state index contributed by atoms with van der Waals surface area (Å²) in [6.45, 7) is 8.83. The van der Waals surface area contributed by atoms with E-state index < -0.39 is 0 Å². The number of anilines is 1. The lowest BCUT2D eigenvalue weighted by Crippen LogP contribution is -2.32. The van der Waals surface area contributed by atoms with Crippen LogP contribution in [0, 0.1) is 19.8 Å². The minimum Gasteiger partial charge on any atom is -0.497 e. The molecule has 0 unspecified atom stereocenters. The number of piperidine rings is 1. The van der Waals surface area contributed by atoms with Crippen LogP contribution in [0.2, 0.25) is 0 Å². The van der Waals surface area contributed by atoms with Crippen LogP contribution in [0.25, 0.3) is 22.3 Å². The van der Waals surface area contributed by atoms with Crippen LogP contribution in [0.1, 0.15) is 30.9 Å². The van der Waals surface area contributed by atoms with Gasteiger partial charge in [0.1, 0.15) is 17.1 Å². The Kier molecular flexibility index (Phi) is 6.14. The molecule has 0 saturated carbocycles. The Hall–Kier alpha value is -3.53. The molecule has 3 aromatic carbocycles. The molecule has 0 radical (unpaired) electrons. The van der Waals surface area contributed by atoms with Crippen molar-refractivity contribution in [1.82, 2.24) is 0 Å². The summed E-state index contributed by atoms with van der Waals surface area (Å²) in [7, 11) is 1.68. The van der Waals surface area contributed by atoms with E-state index in [9.17, 15) is 0 Å². The maximum Gasteiger partial charge on any atom is 0.137 e. The first-order valence-electron chi connectivity index (χ1n) is 12.1. The molecule has 4 heteroatoms. The number of ether oxygens (including phenoxy) is 1. The van der Waals surface area contributed by atoms with Gasteiger partial charge in [0.25, 0.3) is 0 Å². The molecule has 34 heavy (non-hydrogen) atoms. The summed E-state index contributed by atoms with van der Waals surface area (Å²) >= 11 is 0. The monoisotopic (exact) mass is 452 g/mol. The van der Waals surface area contributed by atoms with Crippen LogP contribution in [-0.4, -0.2) is 20.2 Å². The summed E-state index contributed by atoms with van der Waals surface area (Å²) in [4.78, 5) is 7.56. The van der Waals surface area contributed by atoms with Crippen LogP contribution in [0.15, 0.2) is 76.1 Å². The lowest BCUT2D eigenvalue weighted by Gasteiger charge is -2.32. The highest BCUT2D eigenvalue weighted by molar-refractivity contribution is 5.82. The fraction of sp³-hybridized carbons (Fsp3) is 0.300. The zero-order valence-electron chi connectivity index (χ0n) is 20.5. The largest absolute Gasteiger partial charge is 0.497 e. The van der Waals surface area contributed by atoms with Gasteiger partial charge in [-0.25, -0.2) is 4.99 Å². The molecule has 0 amide bonds. The third-order valence-corrected chi connectivity index (χ3v) is 6.81. The predicted molar refractivity (Wildman–Crippen MR) is 140 cm³/mol. The zero-order chi connectivity index (χ0) is 23.7. The summed E-state index contributed by atoms with van der Waals surface area (Å²) in [5, 5.41) is 1.97. The van der Waals surface area contributed by atoms with Crippen molar-refractivity contribution in [2.24, 2.45) is 10.9 Å². The molecule has 2 heterocycles. The molecule has 0 spiro atoms. The fourth-order valence-corrected chi connectivity index (χ4v) is 4.81. The van der Waals surface area contributed by atoms with Crippen molar-refractivity contribution in [2.45, 2.75) is 33.6 Å². The van der Waals surface area contributed by atoms with Crippen LogP contribution < -0.4 is 15.0 Å². The third-order valence-electron chi connectivity index (χ3n) is 6.81. The highest BCUT2D eigenvalue weighted by Gasteiger charge is 2.16. The number of benzene rings is 3. The Balaban J connectivity index is 1.58. The maximum atomic E-state index is 6.36. The van der Waals surface area contributed by atoms with Gasteiger partial charge < -0.3 is 14.1 Å². The molecule has 174 valence electrons. The van der Waals surface area contributed by atoms with Crippen LogP contribution in [-0.2, 0) is 0 Å². The van der Waals surface area contributed by atoms with Gasteiger partial charge in [-0.15, -0.1) is 0 Å². The zero-order valence-corrected chi connectivity index (χ0v) is 20.5. The van der Waals surface area contributed by atoms with Crippen molar-refractivity contribution in [3.63, 3.8) is 0 Å². The molecular formula is C30H32N2O2. The van der Waals surface area contributed by atoms with Crippen molar-refractivity contribution in [3.05, 3.63) is 83.2 Å².